The molecule has 1 amide bonds. The maximum absolute atomic E-state index is 13.3. The Balaban J connectivity index is 1.26. The van der Waals surface area contributed by atoms with Gasteiger partial charge < -0.3 is 4.90 Å². The fourth-order valence-corrected chi connectivity index (χ4v) is 5.65. The van der Waals surface area contributed by atoms with Gasteiger partial charge in [0.25, 0.3) is 0 Å². The van der Waals surface area contributed by atoms with Crippen molar-refractivity contribution in [2.24, 2.45) is 5.92 Å². The number of nitrogens with zero attached hydrogens (tertiary/aromatic N) is 3. The van der Waals surface area contributed by atoms with Gasteiger partial charge in [-0.15, -0.1) is 0 Å². The summed E-state index contributed by atoms with van der Waals surface area (Å²) in [7, 11) is 0. The molecule has 0 radical (unpaired) electrons. The number of hydrogen-bond acceptors (Lipinski definition) is 3. The lowest BCUT2D eigenvalue weighted by Crippen LogP contribution is -2.40. The Kier molecular flexibility index (Phi) is 4.94. The summed E-state index contributed by atoms with van der Waals surface area (Å²) in [4.78, 5) is 26.8. The van der Waals surface area contributed by atoms with Crippen molar-refractivity contribution in [3.8, 4) is 0 Å². The molecule has 2 atom stereocenters. The van der Waals surface area contributed by atoms with E-state index in [1.165, 1.54) is 19.9 Å². The van der Waals surface area contributed by atoms with Crippen molar-refractivity contribution in [3.63, 3.8) is 0 Å². The molecule has 1 aliphatic heterocycles. The van der Waals surface area contributed by atoms with Gasteiger partial charge in [0, 0.05) is 31.3 Å². The quantitative estimate of drug-likeness (QED) is 0.652. The van der Waals surface area contributed by atoms with Crippen LogP contribution in [0.2, 0.25) is 0 Å². The van der Waals surface area contributed by atoms with Crippen LogP contribution in [0.25, 0.3) is 0 Å². The van der Waals surface area contributed by atoms with Gasteiger partial charge in [-0.1, -0.05) is 12.1 Å². The number of carbonyl (C=O) groups excluding carboxylic acids is 2. The van der Waals surface area contributed by atoms with Crippen molar-refractivity contribution < 1.29 is 22.8 Å². The number of hydrogen-bond donors (Lipinski definition) is 0. The van der Waals surface area contributed by atoms with Gasteiger partial charge >= 0.3 is 6.18 Å². The molecular formula is C24H26F3N3O2. The zero-order chi connectivity index (χ0) is 22.8. The molecule has 170 valence electrons. The minimum Gasteiger partial charge on any atom is -0.341 e. The summed E-state index contributed by atoms with van der Waals surface area (Å²) < 4.78 is 41.5. The number of halogens is 3. The van der Waals surface area contributed by atoms with Crippen LogP contribution in [-0.4, -0.2) is 39.5 Å². The third-order valence-electron chi connectivity index (χ3n) is 7.43. The topological polar surface area (TPSA) is 55.2 Å². The number of amides is 1. The number of fused-ring (bicyclic) bond motifs is 3. The first-order valence-corrected chi connectivity index (χ1v) is 11.2. The van der Waals surface area contributed by atoms with Gasteiger partial charge in [0.15, 0.2) is 5.78 Å². The summed E-state index contributed by atoms with van der Waals surface area (Å²) in [5.74, 6) is 0.919. The summed E-state index contributed by atoms with van der Waals surface area (Å²) in [5, 5.41) is 4.46. The number of rotatable bonds is 4. The van der Waals surface area contributed by atoms with E-state index in [1.807, 2.05) is 0 Å². The van der Waals surface area contributed by atoms with Crippen molar-refractivity contribution in [1.29, 1.82) is 0 Å². The van der Waals surface area contributed by atoms with Crippen LogP contribution in [0.15, 0.2) is 18.2 Å². The standard InChI is InChI=1S/C24H26F3N3O2/c1-13-17(4-3-5-19(13)24(25,26)27)15-6-8-29(9-7-15)21(32)12-30-20-11-16-10-18(16)22(20)23(28-30)14(2)31/h3-5,15-16,18H,6-12H2,1-2H3/t16-,18-/m1/s1. The van der Waals surface area contributed by atoms with E-state index in [1.54, 1.807) is 15.6 Å². The van der Waals surface area contributed by atoms with Crippen molar-refractivity contribution in [3.05, 3.63) is 51.8 Å². The lowest BCUT2D eigenvalue weighted by atomic mass is 9.85. The second-order valence-electron chi connectivity index (χ2n) is 9.40. The van der Waals surface area contributed by atoms with Crippen molar-refractivity contribution in [2.45, 2.75) is 64.1 Å². The van der Waals surface area contributed by atoms with Crippen LogP contribution in [0.1, 0.15) is 76.5 Å². The molecule has 1 aromatic carbocycles. The third-order valence-corrected chi connectivity index (χ3v) is 7.43. The first kappa shape index (κ1) is 21.2. The van der Waals surface area contributed by atoms with Gasteiger partial charge in [-0.2, -0.15) is 18.3 Å². The van der Waals surface area contributed by atoms with E-state index in [0.29, 0.717) is 43.5 Å². The van der Waals surface area contributed by atoms with Crippen LogP contribution in [0, 0.1) is 12.8 Å². The third kappa shape index (κ3) is 3.53. The number of likely N-dealkylation sites (tertiary alicyclic amines) is 1. The maximum atomic E-state index is 13.3. The Bertz CT molecular complexity index is 1100. The lowest BCUT2D eigenvalue weighted by molar-refractivity contribution is -0.138. The highest BCUT2D eigenvalue weighted by Crippen LogP contribution is 2.57. The minimum absolute atomic E-state index is 0.00623. The SMILES string of the molecule is CC(=O)c1nn(CC(=O)N2CCC(c3cccc(C(F)(F)F)c3C)CC2)c2c1[C@@H]1C[C@@H]1C2. The number of piperidine rings is 1. The molecule has 0 spiro atoms. The van der Waals surface area contributed by atoms with E-state index in [9.17, 15) is 22.8 Å². The molecule has 32 heavy (non-hydrogen) atoms. The normalized spacial score (nSPS) is 22.6. The Hall–Kier alpha value is -2.64. The first-order valence-electron chi connectivity index (χ1n) is 11.2. The van der Waals surface area contributed by atoms with Crippen molar-refractivity contribution in [1.82, 2.24) is 14.7 Å². The van der Waals surface area contributed by atoms with E-state index >= 15 is 0 Å². The number of ketones is 1. The Labute approximate surface area is 184 Å². The molecule has 1 saturated heterocycles. The fourth-order valence-electron chi connectivity index (χ4n) is 5.65. The smallest absolute Gasteiger partial charge is 0.341 e. The average Bonchev–Trinajstić information content (AvgIpc) is 3.26. The highest BCUT2D eigenvalue weighted by molar-refractivity contribution is 5.94. The zero-order valence-electron chi connectivity index (χ0n) is 18.2. The summed E-state index contributed by atoms with van der Waals surface area (Å²) in [6.45, 7) is 4.18. The van der Waals surface area contributed by atoms with Crippen LogP contribution < -0.4 is 0 Å². The van der Waals surface area contributed by atoms with Crippen LogP contribution in [0.3, 0.4) is 0 Å². The molecule has 0 bridgehead atoms. The number of alkyl halides is 3. The molecule has 0 N–H and O–H groups in total. The number of carbonyl (C=O) groups is 2. The molecule has 3 aliphatic rings. The van der Waals surface area contributed by atoms with E-state index in [-0.39, 0.29) is 29.7 Å². The van der Waals surface area contributed by atoms with Crippen LogP contribution in [-0.2, 0) is 23.9 Å². The molecule has 2 fully saturated rings. The van der Waals surface area contributed by atoms with Gasteiger partial charge in [0.1, 0.15) is 12.2 Å². The highest BCUT2D eigenvalue weighted by Gasteiger charge is 2.49. The van der Waals surface area contributed by atoms with Gasteiger partial charge in [-0.25, -0.2) is 0 Å². The van der Waals surface area contributed by atoms with Gasteiger partial charge in [-0.3, -0.25) is 14.3 Å². The highest BCUT2D eigenvalue weighted by atomic mass is 19.4. The molecule has 5 rings (SSSR count). The number of benzene rings is 1. The lowest BCUT2D eigenvalue weighted by Gasteiger charge is -2.33. The molecule has 1 aromatic heterocycles. The Morgan fingerprint density at radius 3 is 2.56 bits per heavy atom. The van der Waals surface area contributed by atoms with Crippen LogP contribution in [0.5, 0.6) is 0 Å². The van der Waals surface area contributed by atoms with E-state index in [2.05, 4.69) is 5.10 Å². The fraction of sp³-hybridized carbons (Fsp3) is 0.542. The van der Waals surface area contributed by atoms with Gasteiger partial charge in [0.2, 0.25) is 5.91 Å². The number of aromatic nitrogens is 2. The molecular weight excluding hydrogens is 419 g/mol. The maximum Gasteiger partial charge on any atom is 0.416 e. The van der Waals surface area contributed by atoms with Crippen LogP contribution in [0.4, 0.5) is 13.2 Å². The zero-order valence-corrected chi connectivity index (χ0v) is 18.2. The second kappa shape index (κ2) is 7.46. The van der Waals surface area contributed by atoms with Gasteiger partial charge in [-0.05, 0) is 67.6 Å². The summed E-state index contributed by atoms with van der Waals surface area (Å²) in [6, 6.07) is 4.37. The Morgan fingerprint density at radius 2 is 1.91 bits per heavy atom. The predicted molar refractivity (Wildman–Crippen MR) is 112 cm³/mol. The van der Waals surface area contributed by atoms with E-state index in [4.69, 9.17) is 0 Å². The van der Waals surface area contributed by atoms with E-state index in [0.717, 1.165) is 35.7 Å². The molecule has 5 nitrogen and oxygen atoms in total. The summed E-state index contributed by atoms with van der Waals surface area (Å²) in [5.41, 5.74) is 3.01. The number of Topliss-reactive ketones (excluding diaryl/α,β-unsaturated/α-hetero) is 1. The van der Waals surface area contributed by atoms with Gasteiger partial charge in [0.05, 0.1) is 5.56 Å². The second-order valence-corrected chi connectivity index (χ2v) is 9.40. The minimum atomic E-state index is -4.36. The molecule has 2 aliphatic carbocycles. The van der Waals surface area contributed by atoms with Crippen LogP contribution >= 0.6 is 0 Å². The average molecular weight is 445 g/mol. The molecule has 0 unspecified atom stereocenters. The predicted octanol–water partition coefficient (Wildman–Crippen LogP) is 4.48. The summed E-state index contributed by atoms with van der Waals surface area (Å²) >= 11 is 0. The van der Waals surface area contributed by atoms with Crippen molar-refractivity contribution >= 4 is 11.7 Å². The molecule has 1 saturated carbocycles. The monoisotopic (exact) mass is 445 g/mol. The summed E-state index contributed by atoms with van der Waals surface area (Å²) in [6.07, 6.45) is -1.11. The largest absolute Gasteiger partial charge is 0.416 e. The Morgan fingerprint density at radius 1 is 1.19 bits per heavy atom. The molecule has 2 aromatic rings. The first-order chi connectivity index (χ1) is 15.1. The van der Waals surface area contributed by atoms with E-state index < -0.39 is 11.7 Å². The molecule has 8 heteroatoms. The van der Waals surface area contributed by atoms with Crippen molar-refractivity contribution in [2.75, 3.05) is 13.1 Å². The molecule has 2 heterocycles.